The van der Waals surface area contributed by atoms with E-state index in [9.17, 15) is 9.59 Å². The van der Waals surface area contributed by atoms with E-state index in [0.29, 0.717) is 0 Å². The Balaban J connectivity index is 3.10. The molecule has 0 bridgehead atoms. The van der Waals surface area contributed by atoms with Crippen molar-refractivity contribution >= 4 is 5.91 Å². The second-order valence-corrected chi connectivity index (χ2v) is 2.71. The largest absolute Gasteiger partial charge is 0.368 e. The molecule has 1 heterocycles. The molecule has 1 amide bonds. The number of aryl methyl sites for hydroxylation is 1. The molecule has 1 rings (SSSR count). The van der Waals surface area contributed by atoms with E-state index in [-0.39, 0.29) is 12.2 Å². The van der Waals surface area contributed by atoms with Crippen LogP contribution in [0, 0.1) is 6.92 Å². The number of nitrogens with zero attached hydrogens (tertiary/aromatic N) is 2. The van der Waals surface area contributed by atoms with Crippen LogP contribution in [0.15, 0.2) is 11.0 Å². The van der Waals surface area contributed by atoms with Gasteiger partial charge in [-0.05, 0) is 6.92 Å². The fourth-order valence-corrected chi connectivity index (χ4v) is 0.992. The summed E-state index contributed by atoms with van der Waals surface area (Å²) in [5.74, 6) is -0.511. The molecular weight excluding hydrogens is 158 g/mol. The van der Waals surface area contributed by atoms with E-state index in [2.05, 4.69) is 0 Å². The highest BCUT2D eigenvalue weighted by Gasteiger charge is 2.05. The van der Waals surface area contributed by atoms with E-state index in [1.54, 1.807) is 20.2 Å². The van der Waals surface area contributed by atoms with Crippen LogP contribution in [-0.2, 0) is 18.4 Å². The smallest absolute Gasteiger partial charge is 0.328 e. The van der Waals surface area contributed by atoms with Crippen LogP contribution in [0.3, 0.4) is 0 Å². The number of imidazole rings is 1. The second-order valence-electron chi connectivity index (χ2n) is 2.71. The summed E-state index contributed by atoms with van der Waals surface area (Å²) in [6.45, 7) is 1.74. The Labute approximate surface area is 69.4 Å². The van der Waals surface area contributed by atoms with E-state index in [1.165, 1.54) is 9.13 Å². The van der Waals surface area contributed by atoms with Crippen molar-refractivity contribution < 1.29 is 4.79 Å². The van der Waals surface area contributed by atoms with Crippen LogP contribution in [-0.4, -0.2) is 15.0 Å². The minimum absolute atomic E-state index is 0.0550. The molecule has 1 aromatic heterocycles. The van der Waals surface area contributed by atoms with Crippen molar-refractivity contribution in [3.8, 4) is 0 Å². The van der Waals surface area contributed by atoms with Crippen molar-refractivity contribution in [3.63, 3.8) is 0 Å². The highest BCUT2D eigenvalue weighted by molar-refractivity contribution is 5.73. The van der Waals surface area contributed by atoms with Crippen LogP contribution in [0.1, 0.15) is 5.69 Å². The van der Waals surface area contributed by atoms with Crippen LogP contribution in [0.2, 0.25) is 0 Å². The van der Waals surface area contributed by atoms with Gasteiger partial charge in [-0.2, -0.15) is 0 Å². The highest BCUT2D eigenvalue weighted by atomic mass is 16.2. The topological polar surface area (TPSA) is 70.0 Å². The van der Waals surface area contributed by atoms with Gasteiger partial charge in [-0.15, -0.1) is 0 Å². The quantitative estimate of drug-likeness (QED) is 0.615. The number of amides is 1. The number of hydrogen-bond donors (Lipinski definition) is 1. The van der Waals surface area contributed by atoms with Crippen molar-refractivity contribution in [1.29, 1.82) is 0 Å². The normalized spacial score (nSPS) is 10.2. The molecule has 0 saturated heterocycles. The first-order valence-electron chi connectivity index (χ1n) is 3.53. The molecule has 0 aromatic carbocycles. The van der Waals surface area contributed by atoms with Gasteiger partial charge in [-0.3, -0.25) is 13.9 Å². The molecule has 0 aliphatic rings. The van der Waals surface area contributed by atoms with Crippen molar-refractivity contribution in [2.45, 2.75) is 13.5 Å². The summed E-state index contributed by atoms with van der Waals surface area (Å²) in [5, 5.41) is 0. The zero-order valence-corrected chi connectivity index (χ0v) is 7.07. The molecule has 0 atom stereocenters. The lowest BCUT2D eigenvalue weighted by molar-refractivity contribution is -0.118. The van der Waals surface area contributed by atoms with Crippen molar-refractivity contribution in [2.24, 2.45) is 12.8 Å². The molecule has 0 radical (unpaired) electrons. The molecular formula is C7H11N3O2. The summed E-state index contributed by atoms with van der Waals surface area (Å²) in [4.78, 5) is 21.7. The zero-order valence-electron chi connectivity index (χ0n) is 7.07. The van der Waals surface area contributed by atoms with Crippen molar-refractivity contribution in [2.75, 3.05) is 0 Å². The first-order valence-corrected chi connectivity index (χ1v) is 3.53. The Morgan fingerprint density at radius 2 is 2.25 bits per heavy atom. The van der Waals surface area contributed by atoms with Gasteiger partial charge in [0.05, 0.1) is 0 Å². The van der Waals surface area contributed by atoms with Gasteiger partial charge in [0.2, 0.25) is 5.91 Å². The van der Waals surface area contributed by atoms with Gasteiger partial charge in [0.15, 0.2) is 0 Å². The number of carbonyl (C=O) groups is 1. The number of primary amides is 1. The maximum Gasteiger partial charge on any atom is 0.328 e. The molecule has 0 spiro atoms. The predicted molar refractivity (Wildman–Crippen MR) is 43.6 cm³/mol. The number of carbonyl (C=O) groups excluding carboxylic acids is 1. The predicted octanol–water partition coefficient (Wildman–Crippen LogP) is -1.02. The Morgan fingerprint density at radius 1 is 1.67 bits per heavy atom. The van der Waals surface area contributed by atoms with Crippen molar-refractivity contribution in [3.05, 3.63) is 22.4 Å². The van der Waals surface area contributed by atoms with Gasteiger partial charge in [0.25, 0.3) is 0 Å². The molecule has 2 N–H and O–H groups in total. The maximum atomic E-state index is 11.2. The third-order valence-corrected chi connectivity index (χ3v) is 1.73. The second kappa shape index (κ2) is 2.84. The van der Waals surface area contributed by atoms with E-state index >= 15 is 0 Å². The molecule has 5 nitrogen and oxygen atoms in total. The van der Waals surface area contributed by atoms with Gasteiger partial charge >= 0.3 is 5.69 Å². The van der Waals surface area contributed by atoms with Crippen LogP contribution in [0.4, 0.5) is 0 Å². The fourth-order valence-electron chi connectivity index (χ4n) is 0.992. The van der Waals surface area contributed by atoms with Crippen LogP contribution in [0.5, 0.6) is 0 Å². The van der Waals surface area contributed by atoms with Crippen LogP contribution >= 0.6 is 0 Å². The molecule has 66 valence electrons. The third kappa shape index (κ3) is 1.39. The third-order valence-electron chi connectivity index (χ3n) is 1.73. The van der Waals surface area contributed by atoms with Crippen LogP contribution in [0.25, 0.3) is 0 Å². The number of hydrogen-bond acceptors (Lipinski definition) is 2. The number of aromatic nitrogens is 2. The Bertz CT molecular complexity index is 361. The lowest BCUT2D eigenvalue weighted by Crippen LogP contribution is -2.28. The van der Waals surface area contributed by atoms with E-state index < -0.39 is 5.91 Å². The van der Waals surface area contributed by atoms with E-state index in [0.717, 1.165) is 5.69 Å². The SMILES string of the molecule is Cc1cn(CC(N)=O)c(=O)n1C. The number of rotatable bonds is 2. The zero-order chi connectivity index (χ0) is 9.30. The first-order chi connectivity index (χ1) is 5.52. The average Bonchev–Trinajstić information content (AvgIpc) is 2.17. The van der Waals surface area contributed by atoms with Gasteiger partial charge in [-0.1, -0.05) is 0 Å². The lowest BCUT2D eigenvalue weighted by Gasteiger charge is -1.93. The summed E-state index contributed by atoms with van der Waals surface area (Å²) in [7, 11) is 1.65. The molecule has 0 unspecified atom stereocenters. The Morgan fingerprint density at radius 3 is 2.58 bits per heavy atom. The standard InChI is InChI=1S/C7H11N3O2/c1-5-3-10(4-6(8)11)7(12)9(5)2/h3H,4H2,1-2H3,(H2,8,11). The fraction of sp³-hybridized carbons (Fsp3) is 0.429. The first kappa shape index (κ1) is 8.58. The van der Waals surface area contributed by atoms with Gasteiger partial charge in [0, 0.05) is 18.9 Å². The minimum atomic E-state index is -0.511. The molecule has 1 aromatic rings. The van der Waals surface area contributed by atoms with Crippen LogP contribution < -0.4 is 11.4 Å². The Hall–Kier alpha value is -1.52. The molecule has 5 heteroatoms. The summed E-state index contributed by atoms with van der Waals surface area (Å²) in [5.41, 5.74) is 5.54. The highest BCUT2D eigenvalue weighted by Crippen LogP contribution is 1.91. The maximum absolute atomic E-state index is 11.2. The minimum Gasteiger partial charge on any atom is -0.368 e. The van der Waals surface area contributed by atoms with E-state index in [1.807, 2.05) is 0 Å². The van der Waals surface area contributed by atoms with E-state index in [4.69, 9.17) is 5.73 Å². The molecule has 0 saturated carbocycles. The number of nitrogens with two attached hydrogens (primary N) is 1. The van der Waals surface area contributed by atoms with Gasteiger partial charge in [-0.25, -0.2) is 4.79 Å². The lowest BCUT2D eigenvalue weighted by atomic mass is 10.5. The molecule has 0 aliphatic heterocycles. The van der Waals surface area contributed by atoms with Gasteiger partial charge in [0.1, 0.15) is 6.54 Å². The van der Waals surface area contributed by atoms with Crippen molar-refractivity contribution in [1.82, 2.24) is 9.13 Å². The summed E-state index contributed by atoms with van der Waals surface area (Å²) in [6.07, 6.45) is 1.60. The molecule has 12 heavy (non-hydrogen) atoms. The monoisotopic (exact) mass is 169 g/mol. The average molecular weight is 169 g/mol. The Kier molecular flexibility index (Phi) is 2.03. The molecule has 0 fully saturated rings. The summed E-state index contributed by atoms with van der Waals surface area (Å²) < 4.78 is 2.75. The summed E-state index contributed by atoms with van der Waals surface area (Å²) in [6, 6.07) is 0. The summed E-state index contributed by atoms with van der Waals surface area (Å²) >= 11 is 0. The van der Waals surface area contributed by atoms with Gasteiger partial charge < -0.3 is 5.73 Å². The molecule has 0 aliphatic carbocycles.